The van der Waals surface area contributed by atoms with Crippen LogP contribution in [0.1, 0.15) is 0 Å². The topological polar surface area (TPSA) is 32.8 Å². The van der Waals surface area contributed by atoms with Crippen LogP contribution in [0.15, 0.2) is 458 Å². The van der Waals surface area contributed by atoms with Crippen molar-refractivity contribution < 1.29 is 8.83 Å². The Morgan fingerprint density at radius 3 is 1.04 bits per heavy atom. The van der Waals surface area contributed by atoms with Crippen LogP contribution in [0.2, 0.25) is 0 Å². The van der Waals surface area contributed by atoms with Gasteiger partial charge in [-0.05, 0) is 225 Å². The summed E-state index contributed by atoms with van der Waals surface area (Å²) >= 11 is 0. The molecule has 0 aliphatic heterocycles. The third-order valence-corrected chi connectivity index (χ3v) is 22.2. The zero-order valence-electron chi connectivity index (χ0n) is 62.4. The van der Waals surface area contributed by atoms with Gasteiger partial charge in [-0.1, -0.05) is 340 Å². The molecule has 0 saturated heterocycles. The SMILES string of the molecule is c1ccc(-c2ccc(N(c3ccc(-c4ccc(-c5ccc6oc7ccccc7c6c5)c(-c5ccccc5)c4)cc3)c3cccc4ccccc34)cc2)cc1.c1ccc(-c2ccc(N(c3ccc(-c4ccc(-c5cccc6oc7ccccc7c56)c(-c5ccccc5)c4)cc3)c3ccc(-c4cccc5ccccc45)cc3)cc2)cc1. The van der Waals surface area contributed by atoms with Crippen molar-refractivity contribution in [2.24, 2.45) is 0 Å². The smallest absolute Gasteiger partial charge is 0.136 e. The van der Waals surface area contributed by atoms with E-state index in [0.717, 1.165) is 94.7 Å². The largest absolute Gasteiger partial charge is 0.456 e. The first-order valence-corrected chi connectivity index (χ1v) is 38.9. The molecule has 0 bridgehead atoms. The van der Waals surface area contributed by atoms with Crippen molar-refractivity contribution in [1.82, 2.24) is 0 Å². The Balaban J connectivity index is 0.000000149. The lowest BCUT2D eigenvalue weighted by Crippen LogP contribution is -2.10. The minimum atomic E-state index is 0.898. The highest BCUT2D eigenvalue weighted by Crippen LogP contribution is 2.47. The van der Waals surface area contributed by atoms with E-state index in [1.165, 1.54) is 105 Å². The molecule has 0 unspecified atom stereocenters. The summed E-state index contributed by atoms with van der Waals surface area (Å²) in [5.41, 5.74) is 31.6. The summed E-state index contributed by atoms with van der Waals surface area (Å²) in [6.07, 6.45) is 0. The molecular formula is C110H74N2O2. The molecule has 4 nitrogen and oxygen atoms in total. The predicted octanol–water partition coefficient (Wildman–Crippen LogP) is 31.4. The highest BCUT2D eigenvalue weighted by atomic mass is 16.3. The summed E-state index contributed by atoms with van der Waals surface area (Å²) in [4.78, 5) is 4.72. The Hall–Kier alpha value is -15.1. The number of rotatable bonds is 15. The molecule has 114 heavy (non-hydrogen) atoms. The third kappa shape index (κ3) is 13.2. The van der Waals surface area contributed by atoms with Gasteiger partial charge in [0, 0.05) is 55.4 Å². The lowest BCUT2D eigenvalue weighted by atomic mass is 9.89. The van der Waals surface area contributed by atoms with Gasteiger partial charge in [0.25, 0.3) is 0 Å². The zero-order chi connectivity index (χ0) is 75.7. The van der Waals surface area contributed by atoms with Gasteiger partial charge in [0.05, 0.1) is 5.69 Å². The average molecular weight is 1460 g/mol. The molecule has 0 fully saturated rings. The molecule has 0 radical (unpaired) electrons. The van der Waals surface area contributed by atoms with Gasteiger partial charge in [0.1, 0.15) is 22.3 Å². The minimum absolute atomic E-state index is 0.898. The number of para-hydroxylation sites is 2. The van der Waals surface area contributed by atoms with E-state index in [1.807, 2.05) is 24.3 Å². The van der Waals surface area contributed by atoms with Crippen molar-refractivity contribution in [2.45, 2.75) is 0 Å². The number of furan rings is 2. The maximum Gasteiger partial charge on any atom is 0.136 e. The van der Waals surface area contributed by atoms with Crippen molar-refractivity contribution in [1.29, 1.82) is 0 Å². The molecule has 21 rings (SSSR count). The normalized spacial score (nSPS) is 11.3. The van der Waals surface area contributed by atoms with Gasteiger partial charge >= 0.3 is 0 Å². The molecule has 2 aromatic heterocycles. The highest BCUT2D eigenvalue weighted by molar-refractivity contribution is 6.14. The Bertz CT molecular complexity index is 7030. The molecule has 536 valence electrons. The van der Waals surface area contributed by atoms with E-state index in [-0.39, 0.29) is 0 Å². The fourth-order valence-electron chi connectivity index (χ4n) is 16.6. The third-order valence-electron chi connectivity index (χ3n) is 22.2. The molecule has 0 amide bonds. The maximum atomic E-state index is 6.31. The summed E-state index contributed by atoms with van der Waals surface area (Å²) < 4.78 is 12.5. The molecule has 19 aromatic carbocycles. The predicted molar refractivity (Wildman–Crippen MR) is 481 cm³/mol. The van der Waals surface area contributed by atoms with Crippen molar-refractivity contribution >= 4 is 99.5 Å². The highest BCUT2D eigenvalue weighted by Gasteiger charge is 2.22. The Labute approximate surface area is 662 Å². The van der Waals surface area contributed by atoms with Crippen LogP contribution in [-0.2, 0) is 0 Å². The molecular weight excluding hydrogens is 1380 g/mol. The Kier molecular flexibility index (Phi) is 18.0. The fourth-order valence-corrected chi connectivity index (χ4v) is 16.6. The van der Waals surface area contributed by atoms with Crippen LogP contribution in [0.25, 0.3) is 166 Å². The van der Waals surface area contributed by atoms with Gasteiger partial charge in [-0.25, -0.2) is 0 Å². The van der Waals surface area contributed by atoms with Crippen LogP contribution >= 0.6 is 0 Å². The number of anilines is 6. The molecule has 0 aliphatic carbocycles. The van der Waals surface area contributed by atoms with Crippen LogP contribution in [0.3, 0.4) is 0 Å². The van der Waals surface area contributed by atoms with Crippen LogP contribution in [0, 0.1) is 0 Å². The van der Waals surface area contributed by atoms with E-state index < -0.39 is 0 Å². The zero-order valence-corrected chi connectivity index (χ0v) is 62.4. The summed E-state index contributed by atoms with van der Waals surface area (Å²) in [5, 5.41) is 9.46. The van der Waals surface area contributed by atoms with E-state index in [1.54, 1.807) is 0 Å². The number of hydrogen-bond donors (Lipinski definition) is 0. The molecule has 0 spiro atoms. The van der Waals surface area contributed by atoms with Gasteiger partial charge in [-0.2, -0.15) is 0 Å². The van der Waals surface area contributed by atoms with E-state index in [9.17, 15) is 0 Å². The van der Waals surface area contributed by atoms with Gasteiger partial charge in [0.2, 0.25) is 0 Å². The van der Waals surface area contributed by atoms with Gasteiger partial charge in [-0.3, -0.25) is 0 Å². The first-order valence-electron chi connectivity index (χ1n) is 38.9. The fraction of sp³-hybridized carbons (Fsp3) is 0. The van der Waals surface area contributed by atoms with E-state index >= 15 is 0 Å². The van der Waals surface area contributed by atoms with Crippen molar-refractivity contribution in [3.8, 4) is 100 Å². The Morgan fingerprint density at radius 2 is 0.482 bits per heavy atom. The summed E-state index contributed by atoms with van der Waals surface area (Å²) in [6.45, 7) is 0. The average Bonchev–Trinajstić information content (AvgIpc) is 1.51. The van der Waals surface area contributed by atoms with Crippen LogP contribution in [-0.4, -0.2) is 0 Å². The molecule has 0 saturated carbocycles. The molecule has 0 aliphatic rings. The number of nitrogens with zero attached hydrogens (tertiary/aromatic N) is 2. The standard InChI is InChI=1S/C58H39NO.C52H35NO/c1-3-13-40(14-4-1)41-25-32-47(33-26-41)59(49-36-29-45(30-37-49)51-21-11-18-43-17-7-8-19-50(43)51)48-34-27-42(28-35-48)46-31-38-52(55(39-46)44-15-5-2-6-16-44)53-22-12-24-57-58(53)54-20-9-10-23-56(54)60-57;1-3-12-36(13-4-1)37-22-28-43(29-23-37)53(50-20-11-17-39-16-7-8-18-46(39)50)44-30-24-38(25-31-44)41-26-32-45(48(34-41)40-14-5-2-6-15-40)42-27-33-52-49(35-42)47-19-9-10-21-51(47)54-52/h1-39H;1-35H. The molecule has 4 heteroatoms. The second kappa shape index (κ2) is 30.1. The Morgan fingerprint density at radius 1 is 0.149 bits per heavy atom. The number of hydrogen-bond acceptors (Lipinski definition) is 4. The molecule has 0 atom stereocenters. The molecule has 2 heterocycles. The second-order valence-electron chi connectivity index (χ2n) is 29.0. The number of fused-ring (bicyclic) bond motifs is 8. The first kappa shape index (κ1) is 68.2. The van der Waals surface area contributed by atoms with Crippen LogP contribution in [0.5, 0.6) is 0 Å². The lowest BCUT2D eigenvalue weighted by molar-refractivity contribution is 0.668. The summed E-state index contributed by atoms with van der Waals surface area (Å²) in [6, 6.07) is 161. The van der Waals surface area contributed by atoms with Crippen LogP contribution in [0.4, 0.5) is 34.1 Å². The summed E-state index contributed by atoms with van der Waals surface area (Å²) in [7, 11) is 0. The lowest BCUT2D eigenvalue weighted by Gasteiger charge is -2.27. The van der Waals surface area contributed by atoms with Gasteiger partial charge < -0.3 is 18.6 Å². The second-order valence-corrected chi connectivity index (χ2v) is 29.0. The van der Waals surface area contributed by atoms with Gasteiger partial charge in [0.15, 0.2) is 0 Å². The van der Waals surface area contributed by atoms with Crippen molar-refractivity contribution in [3.63, 3.8) is 0 Å². The van der Waals surface area contributed by atoms with E-state index in [0.29, 0.717) is 0 Å². The van der Waals surface area contributed by atoms with E-state index in [2.05, 4.69) is 434 Å². The maximum absolute atomic E-state index is 6.31. The first-order chi connectivity index (χ1) is 56.5. The van der Waals surface area contributed by atoms with Crippen molar-refractivity contribution in [2.75, 3.05) is 9.80 Å². The molecule has 0 N–H and O–H groups in total. The van der Waals surface area contributed by atoms with E-state index in [4.69, 9.17) is 8.83 Å². The minimum Gasteiger partial charge on any atom is -0.456 e. The van der Waals surface area contributed by atoms with Crippen molar-refractivity contribution in [3.05, 3.63) is 449 Å². The quantitative estimate of drug-likeness (QED) is 0.102. The van der Waals surface area contributed by atoms with Gasteiger partial charge in [-0.15, -0.1) is 0 Å². The number of benzene rings is 19. The molecule has 21 aromatic rings. The summed E-state index contributed by atoms with van der Waals surface area (Å²) in [5.74, 6) is 0. The monoisotopic (exact) mass is 1450 g/mol. The van der Waals surface area contributed by atoms with Crippen LogP contribution < -0.4 is 9.80 Å².